The van der Waals surface area contributed by atoms with Crippen molar-refractivity contribution in [3.05, 3.63) is 12.2 Å². The fourth-order valence-electron chi connectivity index (χ4n) is 0.716. The van der Waals surface area contributed by atoms with E-state index in [1.807, 2.05) is 6.08 Å². The Morgan fingerprint density at radius 1 is 1.45 bits per heavy atom. The van der Waals surface area contributed by atoms with Crippen LogP contribution in [0.4, 0.5) is 0 Å². The lowest BCUT2D eigenvalue weighted by Gasteiger charge is -2.12. The third-order valence-electron chi connectivity index (χ3n) is 1.34. The van der Waals surface area contributed by atoms with Crippen LogP contribution in [0.1, 0.15) is 6.42 Å². The van der Waals surface area contributed by atoms with E-state index in [1.165, 1.54) is 12.1 Å². The molecule has 0 aromatic heterocycles. The molecule has 0 spiro atoms. The number of carbonyl (C=O) groups is 1. The van der Waals surface area contributed by atoms with Crippen LogP contribution in [0.3, 0.4) is 0 Å². The predicted octanol–water partition coefficient (Wildman–Crippen LogP) is 1.76. The molecule has 0 atom stereocenters. The molecule has 0 unspecified atom stereocenters. The topological polar surface area (TPSA) is 43.1 Å². The zero-order valence-corrected chi connectivity index (χ0v) is 8.55. The number of hydrogen-bond acceptors (Lipinski definition) is 1. The van der Waals surface area contributed by atoms with E-state index in [0.717, 1.165) is 6.42 Å². The van der Waals surface area contributed by atoms with Crippen LogP contribution in [0.15, 0.2) is 12.2 Å². The summed E-state index contributed by atoms with van der Waals surface area (Å²) in [7, 11) is -0.933. The number of allylic oxidation sites excluding steroid dienone is 1. The van der Waals surface area contributed by atoms with Crippen molar-refractivity contribution in [2.75, 3.05) is 0 Å². The van der Waals surface area contributed by atoms with Crippen LogP contribution in [0, 0.1) is 0 Å². The van der Waals surface area contributed by atoms with Gasteiger partial charge in [0, 0.05) is 8.07 Å². The molecule has 0 aromatic carbocycles. The Morgan fingerprint density at radius 2 is 2.00 bits per heavy atom. The first-order valence-corrected chi connectivity index (χ1v) is 7.58. The molecule has 0 rings (SSSR count). The van der Waals surface area contributed by atoms with Crippen LogP contribution >= 0.6 is 0 Å². The first-order chi connectivity index (χ1) is 4.92. The van der Waals surface area contributed by atoms with Gasteiger partial charge < -0.3 is 5.73 Å². The Bertz CT molecular complexity index is 158. The minimum Gasteiger partial charge on any atom is -0.366 e. The zero-order chi connectivity index (χ0) is 8.91. The third-order valence-corrected chi connectivity index (χ3v) is 3.13. The Morgan fingerprint density at radius 3 is 2.36 bits per heavy atom. The van der Waals surface area contributed by atoms with Crippen molar-refractivity contribution < 1.29 is 4.79 Å². The highest BCUT2D eigenvalue weighted by molar-refractivity contribution is 6.76. The van der Waals surface area contributed by atoms with E-state index in [0.29, 0.717) is 0 Å². The molecule has 0 bridgehead atoms. The van der Waals surface area contributed by atoms with Gasteiger partial charge in [-0.2, -0.15) is 0 Å². The molecule has 0 fully saturated rings. The van der Waals surface area contributed by atoms with Gasteiger partial charge >= 0.3 is 0 Å². The average Bonchev–Trinajstić information content (AvgIpc) is 1.78. The normalized spacial score (nSPS) is 12.3. The molecule has 0 aliphatic carbocycles. The summed E-state index contributed by atoms with van der Waals surface area (Å²) in [6.07, 6.45) is 4.29. The highest BCUT2D eigenvalue weighted by Crippen LogP contribution is 2.10. The molecule has 11 heavy (non-hydrogen) atoms. The van der Waals surface area contributed by atoms with Gasteiger partial charge in [0.2, 0.25) is 5.91 Å². The highest BCUT2D eigenvalue weighted by Gasteiger charge is 2.10. The maximum atomic E-state index is 10.3. The summed E-state index contributed by atoms with van der Waals surface area (Å²) in [5, 5.41) is 0. The number of rotatable bonds is 4. The second-order valence-electron chi connectivity index (χ2n) is 3.90. The van der Waals surface area contributed by atoms with Gasteiger partial charge in [0.1, 0.15) is 0 Å². The summed E-state index contributed by atoms with van der Waals surface area (Å²) in [4.78, 5) is 10.3. The summed E-state index contributed by atoms with van der Waals surface area (Å²) in [5.74, 6) is -0.347. The molecule has 0 saturated carbocycles. The number of primary amides is 1. The van der Waals surface area contributed by atoms with Crippen molar-refractivity contribution in [2.45, 2.75) is 32.1 Å². The Kier molecular flexibility index (Phi) is 4.11. The molecule has 0 aromatic rings. The maximum absolute atomic E-state index is 10.3. The van der Waals surface area contributed by atoms with Crippen molar-refractivity contribution in [2.24, 2.45) is 5.73 Å². The lowest BCUT2D eigenvalue weighted by molar-refractivity contribution is -0.113. The van der Waals surface area contributed by atoms with Gasteiger partial charge in [-0.05, 0) is 12.5 Å². The van der Waals surface area contributed by atoms with E-state index in [-0.39, 0.29) is 5.91 Å². The van der Waals surface area contributed by atoms with Gasteiger partial charge in [-0.3, -0.25) is 4.79 Å². The quantitative estimate of drug-likeness (QED) is 0.508. The molecular weight excluding hydrogens is 154 g/mol. The third kappa shape index (κ3) is 9.43. The summed E-state index contributed by atoms with van der Waals surface area (Å²) in [6.45, 7) is 6.93. The van der Waals surface area contributed by atoms with Crippen molar-refractivity contribution >= 4 is 14.0 Å². The molecule has 0 radical (unpaired) electrons. The standard InChI is InChI=1S/C8H17NOSi/c1-11(2,3)7-5-4-6-8(9)10/h4,6H,5,7H2,1-3H3,(H2,9,10)/b6-4-. The first kappa shape index (κ1) is 10.4. The smallest absolute Gasteiger partial charge is 0.241 e. The molecule has 64 valence electrons. The van der Waals surface area contributed by atoms with E-state index in [9.17, 15) is 4.79 Å². The van der Waals surface area contributed by atoms with Crippen LogP contribution in [0.5, 0.6) is 0 Å². The largest absolute Gasteiger partial charge is 0.366 e. The molecule has 2 nitrogen and oxygen atoms in total. The van der Waals surface area contributed by atoms with E-state index in [1.54, 1.807) is 0 Å². The maximum Gasteiger partial charge on any atom is 0.241 e. The molecule has 2 N–H and O–H groups in total. The number of carbonyl (C=O) groups excluding carboxylic acids is 1. The zero-order valence-electron chi connectivity index (χ0n) is 7.55. The first-order valence-electron chi connectivity index (χ1n) is 3.88. The molecule has 0 heterocycles. The van der Waals surface area contributed by atoms with Gasteiger partial charge in [0.05, 0.1) is 0 Å². The minimum absolute atomic E-state index is 0.347. The SMILES string of the molecule is C[Si](C)(C)CC/C=C\C(N)=O. The fourth-order valence-corrected chi connectivity index (χ4v) is 1.75. The Labute approximate surface area is 69.5 Å². The highest BCUT2D eigenvalue weighted by atomic mass is 28.3. The molecule has 0 aliphatic heterocycles. The predicted molar refractivity (Wildman–Crippen MR) is 51.1 cm³/mol. The number of nitrogens with two attached hydrogens (primary N) is 1. The second kappa shape index (κ2) is 4.33. The lowest BCUT2D eigenvalue weighted by atomic mass is 10.4. The molecule has 3 heteroatoms. The van der Waals surface area contributed by atoms with Gasteiger partial charge in [-0.25, -0.2) is 0 Å². The molecular formula is C8H17NOSi. The summed E-state index contributed by atoms with van der Waals surface area (Å²) in [5.41, 5.74) is 4.93. The van der Waals surface area contributed by atoms with Gasteiger partial charge in [-0.1, -0.05) is 31.8 Å². The number of amides is 1. The molecule has 0 aliphatic rings. The average molecular weight is 171 g/mol. The van der Waals surface area contributed by atoms with E-state index >= 15 is 0 Å². The number of hydrogen-bond donors (Lipinski definition) is 1. The van der Waals surface area contributed by atoms with Crippen molar-refractivity contribution in [1.29, 1.82) is 0 Å². The summed E-state index contributed by atoms with van der Waals surface area (Å²) in [6, 6.07) is 1.22. The van der Waals surface area contributed by atoms with E-state index in [2.05, 4.69) is 19.6 Å². The molecule has 0 saturated heterocycles. The van der Waals surface area contributed by atoms with Crippen molar-refractivity contribution in [3.8, 4) is 0 Å². The van der Waals surface area contributed by atoms with Crippen LogP contribution in [0.25, 0.3) is 0 Å². The summed E-state index contributed by atoms with van der Waals surface area (Å²) < 4.78 is 0. The summed E-state index contributed by atoms with van der Waals surface area (Å²) >= 11 is 0. The second-order valence-corrected chi connectivity index (χ2v) is 9.53. The minimum atomic E-state index is -0.933. The fraction of sp³-hybridized carbons (Fsp3) is 0.625. The van der Waals surface area contributed by atoms with Gasteiger partial charge in [0.15, 0.2) is 0 Å². The van der Waals surface area contributed by atoms with Crippen LogP contribution in [-0.2, 0) is 4.79 Å². The Balaban J connectivity index is 3.50. The van der Waals surface area contributed by atoms with Gasteiger partial charge in [-0.15, -0.1) is 0 Å². The lowest BCUT2D eigenvalue weighted by Crippen LogP contribution is -2.18. The van der Waals surface area contributed by atoms with Crippen LogP contribution in [-0.4, -0.2) is 14.0 Å². The Hall–Kier alpha value is -0.573. The van der Waals surface area contributed by atoms with Gasteiger partial charge in [0.25, 0.3) is 0 Å². The monoisotopic (exact) mass is 171 g/mol. The van der Waals surface area contributed by atoms with Crippen molar-refractivity contribution in [1.82, 2.24) is 0 Å². The molecule has 1 amide bonds. The van der Waals surface area contributed by atoms with E-state index < -0.39 is 8.07 Å². The van der Waals surface area contributed by atoms with E-state index in [4.69, 9.17) is 5.73 Å². The van der Waals surface area contributed by atoms with Crippen LogP contribution in [0.2, 0.25) is 25.7 Å². The van der Waals surface area contributed by atoms with Crippen molar-refractivity contribution in [3.63, 3.8) is 0 Å². The van der Waals surface area contributed by atoms with Crippen LogP contribution < -0.4 is 5.73 Å².